The molecule has 0 heterocycles. The van der Waals surface area contributed by atoms with E-state index in [1.165, 1.54) is 25.0 Å². The lowest BCUT2D eigenvalue weighted by Crippen LogP contribution is -2.09. The van der Waals surface area contributed by atoms with Crippen molar-refractivity contribution >= 4 is 0 Å². The summed E-state index contributed by atoms with van der Waals surface area (Å²) in [5.74, 6) is 1.31. The predicted octanol–water partition coefficient (Wildman–Crippen LogP) is 2.33. The maximum atomic E-state index is 13.0. The molecule has 3 heteroatoms. The Morgan fingerprint density at radius 1 is 1.47 bits per heavy atom. The molecule has 1 aromatic rings. The summed E-state index contributed by atoms with van der Waals surface area (Å²) in [6.45, 7) is 1.40. The van der Waals surface area contributed by atoms with Crippen LogP contribution in [0.25, 0.3) is 0 Å². The van der Waals surface area contributed by atoms with Crippen LogP contribution in [-0.2, 0) is 6.54 Å². The molecule has 1 aliphatic carbocycles. The molecular formula is C12H16FNO. The quantitative estimate of drug-likeness (QED) is 0.803. The van der Waals surface area contributed by atoms with Crippen LogP contribution in [-0.4, -0.2) is 13.7 Å². The third-order valence-electron chi connectivity index (χ3n) is 2.56. The molecule has 0 saturated heterocycles. The molecule has 15 heavy (non-hydrogen) atoms. The Balaban J connectivity index is 2.04. The van der Waals surface area contributed by atoms with Gasteiger partial charge >= 0.3 is 0 Å². The van der Waals surface area contributed by atoms with Crippen LogP contribution < -0.4 is 10.1 Å². The normalized spacial score (nSPS) is 15.3. The fourth-order valence-corrected chi connectivity index (χ4v) is 1.51. The molecule has 1 saturated carbocycles. The van der Waals surface area contributed by atoms with E-state index in [2.05, 4.69) is 5.32 Å². The highest BCUT2D eigenvalue weighted by molar-refractivity contribution is 5.33. The predicted molar refractivity (Wildman–Crippen MR) is 57.4 cm³/mol. The number of nitrogens with one attached hydrogen (secondary N) is 1. The average molecular weight is 209 g/mol. The second-order valence-electron chi connectivity index (χ2n) is 4.04. The summed E-state index contributed by atoms with van der Waals surface area (Å²) in [7, 11) is 1.84. The number of hydrogen-bond donors (Lipinski definition) is 1. The lowest BCUT2D eigenvalue weighted by Gasteiger charge is -2.10. The van der Waals surface area contributed by atoms with Crippen molar-refractivity contribution in [2.75, 3.05) is 13.7 Å². The molecule has 0 atom stereocenters. The van der Waals surface area contributed by atoms with Gasteiger partial charge in [0.1, 0.15) is 11.6 Å². The van der Waals surface area contributed by atoms with E-state index in [0.29, 0.717) is 6.54 Å². The zero-order valence-corrected chi connectivity index (χ0v) is 8.92. The maximum Gasteiger partial charge on any atom is 0.123 e. The lowest BCUT2D eigenvalue weighted by molar-refractivity contribution is 0.296. The van der Waals surface area contributed by atoms with Crippen molar-refractivity contribution in [1.82, 2.24) is 5.32 Å². The van der Waals surface area contributed by atoms with Crippen LogP contribution in [0.15, 0.2) is 18.2 Å². The Bertz CT molecular complexity index is 336. The van der Waals surface area contributed by atoms with Crippen LogP contribution in [0.1, 0.15) is 18.4 Å². The van der Waals surface area contributed by atoms with Crippen LogP contribution >= 0.6 is 0 Å². The first-order chi connectivity index (χ1) is 7.29. The van der Waals surface area contributed by atoms with Gasteiger partial charge < -0.3 is 10.1 Å². The molecule has 0 unspecified atom stereocenters. The van der Waals surface area contributed by atoms with E-state index in [0.717, 1.165) is 23.8 Å². The smallest absolute Gasteiger partial charge is 0.123 e. The summed E-state index contributed by atoms with van der Waals surface area (Å²) in [4.78, 5) is 0. The number of halogens is 1. The highest BCUT2D eigenvalue weighted by Crippen LogP contribution is 2.30. The van der Waals surface area contributed by atoms with Gasteiger partial charge in [0.05, 0.1) is 6.61 Å². The third kappa shape index (κ3) is 2.93. The third-order valence-corrected chi connectivity index (χ3v) is 2.56. The molecular weight excluding hydrogens is 193 g/mol. The summed E-state index contributed by atoms with van der Waals surface area (Å²) < 4.78 is 18.7. The highest BCUT2D eigenvalue weighted by atomic mass is 19.1. The summed E-state index contributed by atoms with van der Waals surface area (Å²) in [5.41, 5.74) is 0.887. The van der Waals surface area contributed by atoms with Gasteiger partial charge in [-0.15, -0.1) is 0 Å². The van der Waals surface area contributed by atoms with Gasteiger partial charge in [-0.25, -0.2) is 4.39 Å². The van der Waals surface area contributed by atoms with Crippen LogP contribution in [0.3, 0.4) is 0 Å². The van der Waals surface area contributed by atoms with Gasteiger partial charge in [-0.3, -0.25) is 0 Å². The number of rotatable bonds is 5. The van der Waals surface area contributed by atoms with Crippen LogP contribution in [0.5, 0.6) is 5.75 Å². The Kier molecular flexibility index (Phi) is 3.21. The Morgan fingerprint density at radius 3 is 2.93 bits per heavy atom. The van der Waals surface area contributed by atoms with Gasteiger partial charge in [-0.05, 0) is 44.0 Å². The number of hydrogen-bond acceptors (Lipinski definition) is 2. The van der Waals surface area contributed by atoms with E-state index < -0.39 is 0 Å². The molecule has 0 aromatic heterocycles. The van der Waals surface area contributed by atoms with E-state index in [1.807, 2.05) is 7.05 Å². The second kappa shape index (κ2) is 4.62. The van der Waals surface area contributed by atoms with Crippen molar-refractivity contribution in [1.29, 1.82) is 0 Å². The molecule has 1 aromatic carbocycles. The highest BCUT2D eigenvalue weighted by Gasteiger charge is 2.22. The summed E-state index contributed by atoms with van der Waals surface area (Å²) in [6.07, 6.45) is 2.53. The van der Waals surface area contributed by atoms with E-state index in [-0.39, 0.29) is 5.82 Å². The standard InChI is InChI=1S/C12H16FNO/c1-14-7-10-6-11(13)4-5-12(10)15-8-9-2-3-9/h4-6,9,14H,2-3,7-8H2,1H3. The molecule has 0 amide bonds. The molecule has 0 spiro atoms. The van der Waals surface area contributed by atoms with Crippen molar-refractivity contribution in [3.8, 4) is 5.75 Å². The average Bonchev–Trinajstić information content (AvgIpc) is 3.01. The summed E-state index contributed by atoms with van der Waals surface area (Å²) in [5, 5.41) is 3.01. The second-order valence-corrected chi connectivity index (χ2v) is 4.04. The topological polar surface area (TPSA) is 21.3 Å². The SMILES string of the molecule is CNCc1cc(F)ccc1OCC1CC1. The number of benzene rings is 1. The fraction of sp³-hybridized carbons (Fsp3) is 0.500. The molecule has 1 aliphatic rings. The minimum absolute atomic E-state index is 0.209. The first-order valence-corrected chi connectivity index (χ1v) is 5.35. The minimum atomic E-state index is -0.209. The first-order valence-electron chi connectivity index (χ1n) is 5.35. The largest absolute Gasteiger partial charge is 0.493 e. The van der Waals surface area contributed by atoms with E-state index in [1.54, 1.807) is 6.07 Å². The first kappa shape index (κ1) is 10.4. The molecule has 2 rings (SSSR count). The molecule has 1 N–H and O–H groups in total. The van der Waals surface area contributed by atoms with E-state index >= 15 is 0 Å². The van der Waals surface area contributed by atoms with Gasteiger partial charge in [0.15, 0.2) is 0 Å². The molecule has 0 radical (unpaired) electrons. The molecule has 82 valence electrons. The fourth-order valence-electron chi connectivity index (χ4n) is 1.51. The Morgan fingerprint density at radius 2 is 2.27 bits per heavy atom. The van der Waals surface area contributed by atoms with Gasteiger partial charge in [0, 0.05) is 12.1 Å². The van der Waals surface area contributed by atoms with Gasteiger partial charge in [-0.1, -0.05) is 0 Å². The Labute approximate surface area is 89.4 Å². The van der Waals surface area contributed by atoms with Crippen molar-refractivity contribution in [2.24, 2.45) is 5.92 Å². The molecule has 0 bridgehead atoms. The molecule has 0 aliphatic heterocycles. The van der Waals surface area contributed by atoms with Crippen LogP contribution in [0.2, 0.25) is 0 Å². The monoisotopic (exact) mass is 209 g/mol. The Hall–Kier alpha value is -1.09. The van der Waals surface area contributed by atoms with Crippen LogP contribution in [0.4, 0.5) is 4.39 Å². The number of ether oxygens (including phenoxy) is 1. The summed E-state index contributed by atoms with van der Waals surface area (Å²) >= 11 is 0. The van der Waals surface area contributed by atoms with Crippen molar-refractivity contribution in [2.45, 2.75) is 19.4 Å². The van der Waals surface area contributed by atoms with Crippen molar-refractivity contribution < 1.29 is 9.13 Å². The van der Waals surface area contributed by atoms with E-state index in [4.69, 9.17) is 4.74 Å². The van der Waals surface area contributed by atoms with Gasteiger partial charge in [0.2, 0.25) is 0 Å². The molecule has 2 nitrogen and oxygen atoms in total. The molecule has 1 fully saturated rings. The minimum Gasteiger partial charge on any atom is -0.493 e. The zero-order chi connectivity index (χ0) is 10.7. The van der Waals surface area contributed by atoms with Crippen molar-refractivity contribution in [3.05, 3.63) is 29.6 Å². The zero-order valence-electron chi connectivity index (χ0n) is 8.92. The van der Waals surface area contributed by atoms with Gasteiger partial charge in [-0.2, -0.15) is 0 Å². The van der Waals surface area contributed by atoms with E-state index in [9.17, 15) is 4.39 Å². The maximum absolute atomic E-state index is 13.0. The lowest BCUT2D eigenvalue weighted by atomic mass is 10.2. The van der Waals surface area contributed by atoms with Gasteiger partial charge in [0.25, 0.3) is 0 Å². The van der Waals surface area contributed by atoms with Crippen LogP contribution in [0, 0.1) is 11.7 Å². The van der Waals surface area contributed by atoms with Crippen molar-refractivity contribution in [3.63, 3.8) is 0 Å². The summed E-state index contributed by atoms with van der Waals surface area (Å²) in [6, 6.07) is 4.69.